The van der Waals surface area contributed by atoms with Gasteiger partial charge < -0.3 is 10.0 Å². The van der Waals surface area contributed by atoms with Crippen LogP contribution in [0, 0.1) is 5.92 Å². The molecule has 1 aromatic carbocycles. The van der Waals surface area contributed by atoms with Crippen molar-refractivity contribution in [2.75, 3.05) is 13.6 Å². The quantitative estimate of drug-likeness (QED) is 0.477. The number of carboxylic acid groups (broad SMARTS) is 1. The van der Waals surface area contributed by atoms with E-state index in [0.29, 0.717) is 5.02 Å². The number of hydrogen-bond donors (Lipinski definition) is 1. The van der Waals surface area contributed by atoms with Gasteiger partial charge in [0, 0.05) is 33.2 Å². The van der Waals surface area contributed by atoms with E-state index >= 15 is 0 Å². The molecular formula is C20H21ClF6N2O2S. The molecule has 2 heterocycles. The summed E-state index contributed by atoms with van der Waals surface area (Å²) in [5.74, 6) is -3.76. The Morgan fingerprint density at radius 1 is 1.28 bits per heavy atom. The molecule has 0 spiro atoms. The average Bonchev–Trinajstić information content (AvgIpc) is 3.00. The van der Waals surface area contributed by atoms with Gasteiger partial charge in [0.1, 0.15) is 0 Å². The summed E-state index contributed by atoms with van der Waals surface area (Å²) in [6.45, 7) is 1.44. The van der Waals surface area contributed by atoms with Crippen molar-refractivity contribution in [3.8, 4) is 0 Å². The molecule has 4 nitrogen and oxygen atoms in total. The predicted octanol–water partition coefficient (Wildman–Crippen LogP) is 6.63. The summed E-state index contributed by atoms with van der Waals surface area (Å²) in [5.41, 5.74) is -1.07. The van der Waals surface area contributed by atoms with E-state index in [-0.39, 0.29) is 17.9 Å². The van der Waals surface area contributed by atoms with Crippen LogP contribution >= 0.6 is 22.9 Å². The first-order valence-corrected chi connectivity index (χ1v) is 10.8. The zero-order valence-electron chi connectivity index (χ0n) is 17.1. The van der Waals surface area contributed by atoms with E-state index in [0.717, 1.165) is 15.0 Å². The molecule has 178 valence electrons. The fourth-order valence-electron chi connectivity index (χ4n) is 4.27. The fourth-order valence-corrected chi connectivity index (χ4v) is 5.54. The number of thiophene rings is 1. The van der Waals surface area contributed by atoms with Crippen LogP contribution in [0.5, 0.6) is 0 Å². The highest BCUT2D eigenvalue weighted by Crippen LogP contribution is 2.47. The van der Waals surface area contributed by atoms with Crippen molar-refractivity contribution in [3.63, 3.8) is 0 Å². The van der Waals surface area contributed by atoms with E-state index in [1.54, 1.807) is 31.0 Å². The Balaban J connectivity index is 1.89. The molecule has 3 rings (SSSR count). The van der Waals surface area contributed by atoms with E-state index < -0.39 is 48.9 Å². The maximum absolute atomic E-state index is 13.4. The number of hydrogen-bond acceptors (Lipinski definition) is 3. The number of fused-ring (bicyclic) bond motifs is 1. The van der Waals surface area contributed by atoms with Gasteiger partial charge in [0.2, 0.25) is 0 Å². The van der Waals surface area contributed by atoms with Gasteiger partial charge in [-0.25, -0.2) is 4.79 Å². The summed E-state index contributed by atoms with van der Waals surface area (Å²) < 4.78 is 81.5. The largest absolute Gasteiger partial charge is 0.465 e. The van der Waals surface area contributed by atoms with Gasteiger partial charge in [-0.3, -0.25) is 4.90 Å². The minimum absolute atomic E-state index is 0.103. The lowest BCUT2D eigenvalue weighted by molar-refractivity contribution is -0.301. The molecule has 1 aliphatic rings. The Bertz CT molecular complexity index is 981. The molecule has 1 fully saturated rings. The van der Waals surface area contributed by atoms with Crippen molar-refractivity contribution in [2.45, 2.75) is 50.2 Å². The predicted molar refractivity (Wildman–Crippen MR) is 110 cm³/mol. The van der Waals surface area contributed by atoms with Crippen molar-refractivity contribution in [3.05, 3.63) is 34.2 Å². The second kappa shape index (κ2) is 8.57. The summed E-state index contributed by atoms with van der Waals surface area (Å²) in [4.78, 5) is 14.3. The number of likely N-dealkylation sites (tertiary alicyclic amines) is 1. The molecule has 2 atom stereocenters. The molecule has 0 saturated carbocycles. The van der Waals surface area contributed by atoms with E-state index in [1.165, 1.54) is 11.3 Å². The van der Waals surface area contributed by atoms with Crippen molar-refractivity contribution in [1.82, 2.24) is 9.80 Å². The van der Waals surface area contributed by atoms with Gasteiger partial charge in [-0.2, -0.15) is 26.3 Å². The zero-order valence-corrected chi connectivity index (χ0v) is 18.7. The lowest BCUT2D eigenvalue weighted by Gasteiger charge is -2.50. The Hall–Kier alpha value is -1.72. The first-order chi connectivity index (χ1) is 14.6. The standard InChI is InChI=1S/C20H21ClF6N2O2S/c1-18(28(2)10-13-8-11-7-12(21)3-4-15(11)32-13)5-6-29(17(30)31)14(9-18)16(19(22,23)24)20(25,26)27/h3-4,7-8,14,16H,5-6,9-10H2,1-2H3,(H,30,31). The summed E-state index contributed by atoms with van der Waals surface area (Å²) in [6, 6.07) is 4.96. The maximum atomic E-state index is 13.4. The van der Waals surface area contributed by atoms with Crippen molar-refractivity contribution in [1.29, 1.82) is 0 Å². The monoisotopic (exact) mass is 502 g/mol. The molecule has 1 N–H and O–H groups in total. The van der Waals surface area contributed by atoms with Gasteiger partial charge in [-0.1, -0.05) is 11.6 Å². The smallest absolute Gasteiger partial charge is 0.407 e. The third-order valence-electron chi connectivity index (χ3n) is 6.12. The van der Waals surface area contributed by atoms with Crippen LogP contribution in [0.15, 0.2) is 24.3 Å². The Kier molecular flexibility index (Phi) is 6.67. The van der Waals surface area contributed by atoms with Gasteiger partial charge >= 0.3 is 18.4 Å². The summed E-state index contributed by atoms with van der Waals surface area (Å²) in [7, 11) is 1.63. The number of piperidine rings is 1. The topological polar surface area (TPSA) is 43.8 Å². The van der Waals surface area contributed by atoms with Crippen LogP contribution < -0.4 is 0 Å². The summed E-state index contributed by atoms with van der Waals surface area (Å²) >= 11 is 7.45. The third-order valence-corrected chi connectivity index (χ3v) is 7.46. The minimum Gasteiger partial charge on any atom is -0.465 e. The van der Waals surface area contributed by atoms with Crippen LogP contribution in [0.1, 0.15) is 24.6 Å². The Labute approximate surface area is 189 Å². The molecule has 12 heteroatoms. The molecule has 1 saturated heterocycles. The maximum Gasteiger partial charge on any atom is 0.407 e. The highest BCUT2D eigenvalue weighted by molar-refractivity contribution is 7.19. The number of amides is 1. The second-order valence-electron chi connectivity index (χ2n) is 8.31. The minimum atomic E-state index is -5.63. The van der Waals surface area contributed by atoms with Crippen molar-refractivity contribution in [2.24, 2.45) is 5.92 Å². The molecule has 1 amide bonds. The number of nitrogens with zero attached hydrogens (tertiary/aromatic N) is 2. The van der Waals surface area contributed by atoms with E-state index in [2.05, 4.69) is 0 Å². The first-order valence-electron chi connectivity index (χ1n) is 9.64. The lowest BCUT2D eigenvalue weighted by atomic mass is 9.78. The molecule has 32 heavy (non-hydrogen) atoms. The van der Waals surface area contributed by atoms with Crippen LogP contribution in [0.3, 0.4) is 0 Å². The first kappa shape index (κ1) is 24.9. The number of rotatable bonds is 4. The number of carbonyl (C=O) groups is 1. The SMILES string of the molecule is CN(Cc1cc2cc(Cl)ccc2s1)C1(C)CCN(C(=O)O)C(C(C(F)(F)F)C(F)(F)F)C1. The van der Waals surface area contributed by atoms with Gasteiger partial charge in [0.15, 0.2) is 5.92 Å². The molecule has 2 unspecified atom stereocenters. The number of benzene rings is 1. The van der Waals surface area contributed by atoms with E-state index in [4.69, 9.17) is 11.6 Å². The highest BCUT2D eigenvalue weighted by atomic mass is 35.5. The van der Waals surface area contributed by atoms with E-state index in [1.807, 2.05) is 12.1 Å². The molecule has 1 aliphatic heterocycles. The summed E-state index contributed by atoms with van der Waals surface area (Å²) in [5, 5.41) is 10.7. The molecule has 2 aromatic rings. The Morgan fingerprint density at radius 2 is 1.91 bits per heavy atom. The molecule has 1 aromatic heterocycles. The number of alkyl halides is 6. The molecular weight excluding hydrogens is 482 g/mol. The number of halogens is 7. The van der Waals surface area contributed by atoms with Crippen molar-refractivity contribution >= 4 is 39.1 Å². The van der Waals surface area contributed by atoms with Crippen molar-refractivity contribution < 1.29 is 36.2 Å². The molecule has 0 radical (unpaired) electrons. The molecule has 0 aliphatic carbocycles. The van der Waals surface area contributed by atoms with Gasteiger partial charge in [0.25, 0.3) is 0 Å². The van der Waals surface area contributed by atoms with Crippen LogP contribution in [-0.4, -0.2) is 58.5 Å². The van der Waals surface area contributed by atoms with Crippen LogP contribution in [0.25, 0.3) is 10.1 Å². The van der Waals surface area contributed by atoms with E-state index in [9.17, 15) is 36.2 Å². The second-order valence-corrected chi connectivity index (χ2v) is 9.91. The molecule has 0 bridgehead atoms. The van der Waals surface area contributed by atoms with Gasteiger partial charge in [0.05, 0.1) is 6.04 Å². The normalized spacial score (nSPS) is 22.8. The third kappa shape index (κ3) is 5.09. The fraction of sp³-hybridized carbons (Fsp3) is 0.550. The van der Waals surface area contributed by atoms with Crippen LogP contribution in [0.4, 0.5) is 31.1 Å². The lowest BCUT2D eigenvalue weighted by Crippen LogP contribution is -2.63. The zero-order chi connectivity index (χ0) is 24.1. The van der Waals surface area contributed by atoms with Gasteiger partial charge in [-0.15, -0.1) is 11.3 Å². The van der Waals surface area contributed by atoms with Gasteiger partial charge in [-0.05, 0) is 56.5 Å². The Morgan fingerprint density at radius 3 is 2.47 bits per heavy atom. The van der Waals surface area contributed by atoms with Crippen LogP contribution in [-0.2, 0) is 6.54 Å². The highest BCUT2D eigenvalue weighted by Gasteiger charge is 2.63. The average molecular weight is 503 g/mol. The van der Waals surface area contributed by atoms with Crippen LogP contribution in [0.2, 0.25) is 5.02 Å². The summed E-state index contributed by atoms with van der Waals surface area (Å²) in [6.07, 6.45) is -13.5.